The largest absolute Gasteiger partial charge is 0.352 e. The van der Waals surface area contributed by atoms with Gasteiger partial charge in [0.15, 0.2) is 5.66 Å². The molecule has 0 atom stereocenters. The highest BCUT2D eigenvalue weighted by Crippen LogP contribution is 2.37. The maximum absolute atomic E-state index is 12.2. The number of hydrogen-bond acceptors (Lipinski definition) is 4. The summed E-state index contributed by atoms with van der Waals surface area (Å²) in [5.41, 5.74) is 3.94. The SMILES string of the molecule is C#CCCC1(CCC(=O)NCc2cc(C)n(-c3cccnc3)c2C)N=N1. The Morgan fingerprint density at radius 1 is 1.35 bits per heavy atom. The fourth-order valence-corrected chi connectivity index (χ4v) is 3.16. The summed E-state index contributed by atoms with van der Waals surface area (Å²) < 4.78 is 2.14. The van der Waals surface area contributed by atoms with Gasteiger partial charge in [0.1, 0.15) is 0 Å². The summed E-state index contributed by atoms with van der Waals surface area (Å²) in [6.07, 6.45) is 11.3. The third kappa shape index (κ3) is 3.99. The second-order valence-electron chi connectivity index (χ2n) is 6.61. The van der Waals surface area contributed by atoms with E-state index in [1.807, 2.05) is 18.3 Å². The van der Waals surface area contributed by atoms with Gasteiger partial charge in [0.25, 0.3) is 0 Å². The van der Waals surface area contributed by atoms with Crippen molar-refractivity contribution in [3.8, 4) is 18.0 Å². The Bertz CT molecular complexity index is 854. The predicted molar refractivity (Wildman–Crippen MR) is 99.8 cm³/mol. The highest BCUT2D eigenvalue weighted by molar-refractivity contribution is 5.76. The lowest BCUT2D eigenvalue weighted by Crippen LogP contribution is -2.25. The molecule has 0 aromatic carbocycles. The summed E-state index contributed by atoms with van der Waals surface area (Å²) in [6.45, 7) is 4.61. The van der Waals surface area contributed by atoms with Crippen molar-refractivity contribution in [2.24, 2.45) is 10.2 Å². The van der Waals surface area contributed by atoms with E-state index in [2.05, 4.69) is 50.9 Å². The summed E-state index contributed by atoms with van der Waals surface area (Å²) >= 11 is 0. The second-order valence-corrected chi connectivity index (χ2v) is 6.61. The number of carbonyl (C=O) groups excluding carboxylic acids is 1. The zero-order chi connectivity index (χ0) is 18.6. The summed E-state index contributed by atoms with van der Waals surface area (Å²) in [5, 5.41) is 11.1. The third-order valence-corrected chi connectivity index (χ3v) is 4.72. The molecule has 6 nitrogen and oxygen atoms in total. The summed E-state index contributed by atoms with van der Waals surface area (Å²) in [7, 11) is 0. The predicted octanol–water partition coefficient (Wildman–Crippen LogP) is 3.46. The lowest BCUT2D eigenvalue weighted by molar-refractivity contribution is -0.121. The minimum absolute atomic E-state index is 0.00793. The van der Waals surface area contributed by atoms with Gasteiger partial charge in [-0.3, -0.25) is 9.78 Å². The monoisotopic (exact) mass is 349 g/mol. The van der Waals surface area contributed by atoms with Crippen LogP contribution in [0.3, 0.4) is 0 Å². The summed E-state index contributed by atoms with van der Waals surface area (Å²) in [4.78, 5) is 16.4. The van der Waals surface area contributed by atoms with Gasteiger partial charge in [-0.05, 0) is 37.6 Å². The number of nitrogens with zero attached hydrogens (tertiary/aromatic N) is 4. The fraction of sp³-hybridized carbons (Fsp3) is 0.400. The van der Waals surface area contributed by atoms with Gasteiger partial charge in [0.05, 0.1) is 11.9 Å². The van der Waals surface area contributed by atoms with Crippen molar-refractivity contribution in [1.29, 1.82) is 0 Å². The first-order chi connectivity index (χ1) is 12.5. The first kappa shape index (κ1) is 17.9. The molecule has 0 saturated heterocycles. The van der Waals surface area contributed by atoms with Crippen LogP contribution in [0, 0.1) is 26.2 Å². The van der Waals surface area contributed by atoms with E-state index >= 15 is 0 Å². The van der Waals surface area contributed by atoms with E-state index in [1.54, 1.807) is 6.20 Å². The van der Waals surface area contributed by atoms with Crippen molar-refractivity contribution in [3.05, 3.63) is 47.5 Å². The highest BCUT2D eigenvalue weighted by Gasteiger charge is 2.39. The van der Waals surface area contributed by atoms with E-state index in [4.69, 9.17) is 6.42 Å². The molecule has 1 amide bonds. The zero-order valence-corrected chi connectivity index (χ0v) is 15.2. The molecule has 0 aliphatic carbocycles. The first-order valence-corrected chi connectivity index (χ1v) is 8.77. The van der Waals surface area contributed by atoms with Gasteiger partial charge < -0.3 is 9.88 Å². The van der Waals surface area contributed by atoms with E-state index in [1.165, 1.54) is 0 Å². The number of hydrogen-bond donors (Lipinski definition) is 1. The topological polar surface area (TPSA) is 71.6 Å². The van der Waals surface area contributed by atoms with Crippen LogP contribution in [-0.2, 0) is 11.3 Å². The van der Waals surface area contributed by atoms with Crippen molar-refractivity contribution in [1.82, 2.24) is 14.9 Å². The van der Waals surface area contributed by atoms with E-state index in [0.29, 0.717) is 25.8 Å². The Labute approximate surface area is 153 Å². The van der Waals surface area contributed by atoms with Gasteiger partial charge in [-0.2, -0.15) is 10.2 Å². The summed E-state index contributed by atoms with van der Waals surface area (Å²) in [6, 6.07) is 6.04. The number of amides is 1. The number of nitrogens with one attached hydrogen (secondary N) is 1. The minimum atomic E-state index is -0.403. The molecule has 0 spiro atoms. The van der Waals surface area contributed by atoms with Gasteiger partial charge in [-0.15, -0.1) is 12.3 Å². The van der Waals surface area contributed by atoms with Crippen molar-refractivity contribution in [3.63, 3.8) is 0 Å². The van der Waals surface area contributed by atoms with Gasteiger partial charge in [-0.25, -0.2) is 0 Å². The second kappa shape index (κ2) is 7.52. The van der Waals surface area contributed by atoms with Crippen LogP contribution in [0.15, 0.2) is 40.8 Å². The van der Waals surface area contributed by atoms with Gasteiger partial charge in [0.2, 0.25) is 5.91 Å². The van der Waals surface area contributed by atoms with E-state index in [-0.39, 0.29) is 5.91 Å². The molecule has 1 aliphatic rings. The van der Waals surface area contributed by atoms with Crippen LogP contribution in [-0.4, -0.2) is 21.1 Å². The molecule has 3 rings (SSSR count). The number of carbonyl (C=O) groups is 1. The zero-order valence-electron chi connectivity index (χ0n) is 15.2. The number of rotatable bonds is 8. The van der Waals surface area contributed by atoms with Crippen LogP contribution in [0.5, 0.6) is 0 Å². The number of aryl methyl sites for hydroxylation is 1. The van der Waals surface area contributed by atoms with E-state index < -0.39 is 5.66 Å². The molecule has 0 bridgehead atoms. The number of aromatic nitrogens is 2. The Hall–Kier alpha value is -2.94. The number of terminal acetylenes is 1. The molecule has 2 aromatic rings. The number of pyridine rings is 1. The van der Waals surface area contributed by atoms with Gasteiger partial charge in [0, 0.05) is 49.8 Å². The van der Waals surface area contributed by atoms with Gasteiger partial charge in [-0.1, -0.05) is 0 Å². The molecule has 0 radical (unpaired) electrons. The van der Waals surface area contributed by atoms with Crippen LogP contribution in [0.25, 0.3) is 5.69 Å². The lowest BCUT2D eigenvalue weighted by atomic mass is 10.0. The van der Waals surface area contributed by atoms with Crippen LogP contribution in [0.4, 0.5) is 0 Å². The van der Waals surface area contributed by atoms with Gasteiger partial charge >= 0.3 is 0 Å². The highest BCUT2D eigenvalue weighted by atomic mass is 16.1. The minimum Gasteiger partial charge on any atom is -0.352 e. The molecule has 3 heterocycles. The van der Waals surface area contributed by atoms with E-state index in [0.717, 1.165) is 29.1 Å². The van der Waals surface area contributed by atoms with Crippen LogP contribution in [0.1, 0.15) is 42.6 Å². The molecule has 134 valence electrons. The van der Waals surface area contributed by atoms with Crippen LogP contribution in [0.2, 0.25) is 0 Å². The van der Waals surface area contributed by atoms with E-state index in [9.17, 15) is 4.79 Å². The average Bonchev–Trinajstić information content (AvgIpc) is 3.36. The summed E-state index contributed by atoms with van der Waals surface area (Å²) in [5.74, 6) is 2.61. The molecular weight excluding hydrogens is 326 g/mol. The van der Waals surface area contributed by atoms with Crippen LogP contribution < -0.4 is 5.32 Å². The Kier molecular flexibility index (Phi) is 5.17. The van der Waals surface area contributed by atoms with Crippen molar-refractivity contribution < 1.29 is 4.79 Å². The lowest BCUT2D eigenvalue weighted by Gasteiger charge is -2.11. The Balaban J connectivity index is 1.55. The normalized spacial score (nSPS) is 14.0. The molecule has 1 aliphatic heterocycles. The van der Waals surface area contributed by atoms with Crippen molar-refractivity contribution in [2.45, 2.75) is 51.7 Å². The van der Waals surface area contributed by atoms with Crippen LogP contribution >= 0.6 is 0 Å². The Morgan fingerprint density at radius 2 is 2.15 bits per heavy atom. The molecular formula is C20H23N5O. The fourth-order valence-electron chi connectivity index (χ4n) is 3.16. The quantitative estimate of drug-likeness (QED) is 0.741. The molecule has 0 fully saturated rings. The molecule has 2 aromatic heterocycles. The third-order valence-electron chi connectivity index (χ3n) is 4.72. The first-order valence-electron chi connectivity index (χ1n) is 8.77. The maximum atomic E-state index is 12.2. The molecule has 1 N–H and O–H groups in total. The Morgan fingerprint density at radius 3 is 2.81 bits per heavy atom. The molecule has 0 saturated carbocycles. The smallest absolute Gasteiger partial charge is 0.220 e. The van der Waals surface area contributed by atoms with Crippen molar-refractivity contribution >= 4 is 5.91 Å². The average molecular weight is 349 g/mol. The molecule has 6 heteroatoms. The molecule has 26 heavy (non-hydrogen) atoms. The maximum Gasteiger partial charge on any atom is 0.220 e. The van der Waals surface area contributed by atoms with Crippen molar-refractivity contribution in [2.75, 3.05) is 0 Å². The standard InChI is InChI=1S/C20H23N5O/c1-4-5-9-20(23-24-20)10-8-19(26)22-13-17-12-15(2)25(16(17)3)18-7-6-11-21-14-18/h1,6-7,11-12,14H,5,8-10,13H2,2-3H3,(H,22,26). The molecule has 0 unspecified atom stereocenters.